The van der Waals surface area contributed by atoms with Crippen LogP contribution in [0.15, 0.2) is 48.1 Å². The third-order valence-corrected chi connectivity index (χ3v) is 9.48. The van der Waals surface area contributed by atoms with E-state index in [2.05, 4.69) is 82.8 Å². The molecule has 0 atom stereocenters. The highest BCUT2D eigenvalue weighted by molar-refractivity contribution is 7.16. The maximum absolute atomic E-state index is 2.52. The van der Waals surface area contributed by atoms with Crippen molar-refractivity contribution in [2.75, 3.05) is 0 Å². The molecule has 2 aromatic rings. The number of allylic oxidation sites excluding steroid dienone is 4. The van der Waals surface area contributed by atoms with Crippen LogP contribution in [0.3, 0.4) is 0 Å². The summed E-state index contributed by atoms with van der Waals surface area (Å²) in [6, 6.07) is 11.4. The van der Waals surface area contributed by atoms with Crippen LogP contribution < -0.4 is 10.4 Å². The summed E-state index contributed by atoms with van der Waals surface area (Å²) in [6.45, 7) is 12.0. The predicted molar refractivity (Wildman–Crippen MR) is 111 cm³/mol. The number of hydrogen-bond acceptors (Lipinski definition) is 0. The molecule has 2 aliphatic carbocycles. The highest BCUT2D eigenvalue weighted by Gasteiger charge is 2.50. The van der Waals surface area contributed by atoms with Gasteiger partial charge in [-0.1, -0.05) is 70.3 Å². The average Bonchev–Trinajstić information content (AvgIpc) is 2.96. The van der Waals surface area contributed by atoms with Crippen LogP contribution in [0, 0.1) is 11.8 Å². The molecule has 125 valence electrons. The summed E-state index contributed by atoms with van der Waals surface area (Å²) >= 11 is 0. The Labute approximate surface area is 152 Å². The standard InChI is InChI=1S/C24H25Si/c1-24(2,3)17-11-10-16(12-17)19-14-20-18-9-7-6-8-15(18)13-21(20)23-22(19)25(23,4)5/h6-9,11-14H,10H2,1-5H3. The largest absolute Gasteiger partial charge is 0.113 e. The Balaban J connectivity index is 1.68. The van der Waals surface area contributed by atoms with Crippen molar-refractivity contribution in [2.45, 2.75) is 40.3 Å². The van der Waals surface area contributed by atoms with Gasteiger partial charge in [0, 0.05) is 6.42 Å². The molecular weight excluding hydrogens is 316 g/mol. The summed E-state index contributed by atoms with van der Waals surface area (Å²) in [4.78, 5) is 0. The summed E-state index contributed by atoms with van der Waals surface area (Å²) in [5.41, 5.74) is 10.6. The normalized spacial score (nSPS) is 19.1. The zero-order valence-electron chi connectivity index (χ0n) is 15.8. The van der Waals surface area contributed by atoms with Crippen molar-refractivity contribution in [3.63, 3.8) is 0 Å². The van der Waals surface area contributed by atoms with Gasteiger partial charge in [0.2, 0.25) is 0 Å². The summed E-state index contributed by atoms with van der Waals surface area (Å²) in [7, 11) is -1.37. The van der Waals surface area contributed by atoms with Gasteiger partial charge < -0.3 is 0 Å². The van der Waals surface area contributed by atoms with Gasteiger partial charge in [-0.25, -0.2) is 0 Å². The van der Waals surface area contributed by atoms with E-state index < -0.39 is 8.07 Å². The van der Waals surface area contributed by atoms with E-state index in [0.29, 0.717) is 0 Å². The van der Waals surface area contributed by atoms with Crippen molar-refractivity contribution >= 4 is 24.0 Å². The maximum atomic E-state index is 2.52. The quantitative estimate of drug-likeness (QED) is 0.536. The van der Waals surface area contributed by atoms with E-state index in [1.54, 1.807) is 15.9 Å². The first kappa shape index (κ1) is 15.4. The summed E-state index contributed by atoms with van der Waals surface area (Å²) in [5.74, 6) is 0. The van der Waals surface area contributed by atoms with Crippen LogP contribution in [0.5, 0.6) is 0 Å². The Kier molecular flexibility index (Phi) is 2.86. The van der Waals surface area contributed by atoms with E-state index in [1.807, 2.05) is 0 Å². The fourth-order valence-electron chi connectivity index (χ4n) is 4.73. The highest BCUT2D eigenvalue weighted by atomic mass is 28.3. The zero-order valence-corrected chi connectivity index (χ0v) is 16.8. The topological polar surface area (TPSA) is 0 Å². The van der Waals surface area contributed by atoms with Crippen molar-refractivity contribution in [1.29, 1.82) is 0 Å². The van der Waals surface area contributed by atoms with Gasteiger partial charge in [-0.2, -0.15) is 0 Å². The van der Waals surface area contributed by atoms with Crippen LogP contribution in [0.1, 0.15) is 43.9 Å². The molecule has 0 unspecified atom stereocenters. The Morgan fingerprint density at radius 1 is 0.920 bits per heavy atom. The lowest BCUT2D eigenvalue weighted by Crippen LogP contribution is -2.19. The minimum absolute atomic E-state index is 0.239. The summed E-state index contributed by atoms with van der Waals surface area (Å²) in [6.07, 6.45) is 8.42. The molecule has 0 spiro atoms. The Bertz CT molecular complexity index is 993. The van der Waals surface area contributed by atoms with E-state index in [-0.39, 0.29) is 5.41 Å². The first-order valence-corrected chi connectivity index (χ1v) is 12.4. The molecule has 0 saturated carbocycles. The van der Waals surface area contributed by atoms with E-state index in [1.165, 1.54) is 33.4 Å². The molecule has 1 aliphatic heterocycles. The lowest BCUT2D eigenvalue weighted by molar-refractivity contribution is 0.518. The van der Waals surface area contributed by atoms with Crippen LogP contribution in [-0.2, 0) is 0 Å². The van der Waals surface area contributed by atoms with Gasteiger partial charge in [-0.15, -0.1) is 0 Å². The van der Waals surface area contributed by atoms with E-state index in [9.17, 15) is 0 Å². The molecule has 0 fully saturated rings. The fourth-order valence-corrected chi connectivity index (χ4v) is 8.47. The van der Waals surface area contributed by atoms with Crippen LogP contribution in [0.25, 0.3) is 16.7 Å². The smallest absolute Gasteiger partial charge is 0.0763 e. The SMILES string of the molecule is CC(C)(C)C1=CCC(c2cc3c(c4c2[Si]4(C)C)[CH]c2ccccc2-3)=C1. The van der Waals surface area contributed by atoms with Gasteiger partial charge in [-0.3, -0.25) is 0 Å². The van der Waals surface area contributed by atoms with Crippen LogP contribution >= 0.6 is 0 Å². The van der Waals surface area contributed by atoms with Crippen LogP contribution in [0.4, 0.5) is 0 Å². The lowest BCUT2D eigenvalue weighted by atomic mass is 9.87. The minimum atomic E-state index is -1.37. The molecule has 0 saturated heterocycles. The Morgan fingerprint density at radius 3 is 2.40 bits per heavy atom. The second kappa shape index (κ2) is 4.65. The monoisotopic (exact) mass is 341 g/mol. The van der Waals surface area contributed by atoms with Crippen molar-refractivity contribution in [3.05, 3.63) is 71.2 Å². The molecule has 0 N–H and O–H groups in total. The Morgan fingerprint density at radius 2 is 1.68 bits per heavy atom. The van der Waals surface area contributed by atoms with Crippen molar-refractivity contribution in [3.8, 4) is 11.1 Å². The number of fused-ring (bicyclic) bond motifs is 5. The second-order valence-electron chi connectivity index (χ2n) is 9.28. The number of hydrogen-bond donors (Lipinski definition) is 0. The third kappa shape index (κ3) is 2.05. The molecule has 25 heavy (non-hydrogen) atoms. The molecule has 3 aliphatic rings. The second-order valence-corrected chi connectivity index (χ2v) is 13.5. The molecule has 1 radical (unpaired) electrons. The highest BCUT2D eigenvalue weighted by Crippen LogP contribution is 2.44. The molecule has 0 bridgehead atoms. The number of rotatable bonds is 1. The first-order chi connectivity index (χ1) is 11.8. The molecule has 0 nitrogen and oxygen atoms in total. The van der Waals surface area contributed by atoms with E-state index >= 15 is 0 Å². The Hall–Kier alpha value is -1.86. The van der Waals surface area contributed by atoms with Crippen molar-refractivity contribution in [1.82, 2.24) is 0 Å². The lowest BCUT2D eigenvalue weighted by Gasteiger charge is -2.18. The molecule has 2 aromatic carbocycles. The van der Waals surface area contributed by atoms with Crippen molar-refractivity contribution in [2.24, 2.45) is 5.41 Å². The molecule has 0 aromatic heterocycles. The molecule has 1 heteroatoms. The van der Waals surface area contributed by atoms with E-state index in [4.69, 9.17) is 0 Å². The predicted octanol–water partition coefficient (Wildman–Crippen LogP) is 5.16. The van der Waals surface area contributed by atoms with Gasteiger partial charge in [0.05, 0.1) is 0 Å². The van der Waals surface area contributed by atoms with Crippen LogP contribution in [-0.4, -0.2) is 8.07 Å². The number of benzene rings is 2. The molecule has 0 amide bonds. The molecular formula is C24H25Si. The molecule has 1 heterocycles. The van der Waals surface area contributed by atoms with Gasteiger partial charge in [0.1, 0.15) is 8.07 Å². The fraction of sp³-hybridized carbons (Fsp3) is 0.292. The van der Waals surface area contributed by atoms with E-state index in [0.717, 1.165) is 6.42 Å². The zero-order chi connectivity index (χ0) is 17.6. The first-order valence-electron chi connectivity index (χ1n) is 9.36. The summed E-state index contributed by atoms with van der Waals surface area (Å²) < 4.78 is 0. The van der Waals surface area contributed by atoms with Gasteiger partial charge >= 0.3 is 0 Å². The van der Waals surface area contributed by atoms with Gasteiger partial charge in [0.25, 0.3) is 0 Å². The van der Waals surface area contributed by atoms with Crippen LogP contribution in [0.2, 0.25) is 13.1 Å². The average molecular weight is 342 g/mol. The summed E-state index contributed by atoms with van der Waals surface area (Å²) in [5, 5.41) is 3.42. The van der Waals surface area contributed by atoms with Crippen molar-refractivity contribution < 1.29 is 0 Å². The third-order valence-electron chi connectivity index (χ3n) is 6.19. The minimum Gasteiger partial charge on any atom is -0.0763 e. The molecule has 5 rings (SSSR count). The van der Waals surface area contributed by atoms with Gasteiger partial charge in [0.15, 0.2) is 0 Å². The van der Waals surface area contributed by atoms with Gasteiger partial charge in [-0.05, 0) is 67.2 Å². The maximum Gasteiger partial charge on any atom is 0.113 e.